The van der Waals surface area contributed by atoms with Crippen LogP contribution in [0.3, 0.4) is 0 Å². The number of hydrogen-bond acceptors (Lipinski definition) is 7. The van der Waals surface area contributed by atoms with Gasteiger partial charge in [-0.2, -0.15) is 0 Å². The summed E-state index contributed by atoms with van der Waals surface area (Å²) in [6.45, 7) is 4.06. The highest BCUT2D eigenvalue weighted by Gasteiger charge is 2.33. The molecule has 3 amide bonds. The average Bonchev–Trinajstić information content (AvgIpc) is 3.42. The molecule has 5 atom stereocenters. The molecule has 0 bridgehead atoms. The number of H-pyrrole nitrogens is 1. The molecule has 0 saturated heterocycles. The summed E-state index contributed by atoms with van der Waals surface area (Å²) < 4.78 is 0. The second kappa shape index (κ2) is 16.4. The third kappa shape index (κ3) is 9.55. The fraction of sp³-hybridized carbons (Fsp3) is 0.438. The number of aromatic amines is 1. The fourth-order valence-corrected chi connectivity index (χ4v) is 4.95. The molecule has 0 fully saturated rings. The van der Waals surface area contributed by atoms with Crippen LogP contribution < -0.4 is 27.4 Å². The minimum absolute atomic E-state index is 0.0902. The summed E-state index contributed by atoms with van der Waals surface area (Å²) in [7, 11) is 0. The molecular formula is C32H44N6O6. The van der Waals surface area contributed by atoms with E-state index in [2.05, 4.69) is 20.9 Å². The van der Waals surface area contributed by atoms with Crippen molar-refractivity contribution in [3.63, 3.8) is 0 Å². The van der Waals surface area contributed by atoms with Crippen molar-refractivity contribution in [1.29, 1.82) is 0 Å². The summed E-state index contributed by atoms with van der Waals surface area (Å²) in [5.74, 6) is -3.19. The first-order valence-electron chi connectivity index (χ1n) is 15.0. The fourth-order valence-electron chi connectivity index (χ4n) is 4.95. The quantitative estimate of drug-likeness (QED) is 0.105. The van der Waals surface area contributed by atoms with Gasteiger partial charge in [0.05, 0.1) is 6.04 Å². The van der Waals surface area contributed by atoms with Crippen molar-refractivity contribution in [2.45, 2.75) is 76.5 Å². The number of benzene rings is 2. The molecule has 0 spiro atoms. The predicted molar refractivity (Wildman–Crippen MR) is 168 cm³/mol. The van der Waals surface area contributed by atoms with Crippen molar-refractivity contribution < 1.29 is 29.4 Å². The Balaban J connectivity index is 1.82. The number of rotatable bonds is 17. The Labute approximate surface area is 257 Å². The number of carboxylic acid groups (broad SMARTS) is 1. The van der Waals surface area contributed by atoms with Gasteiger partial charge in [-0.15, -0.1) is 0 Å². The third-order valence-corrected chi connectivity index (χ3v) is 7.82. The number of nitrogens with two attached hydrogens (primary N) is 2. The molecule has 12 nitrogen and oxygen atoms in total. The van der Waals surface area contributed by atoms with E-state index >= 15 is 0 Å². The summed E-state index contributed by atoms with van der Waals surface area (Å²) in [5, 5.41) is 28.2. The second-order valence-electron chi connectivity index (χ2n) is 11.2. The number of amides is 3. The Morgan fingerprint density at radius 1 is 0.886 bits per heavy atom. The largest absolute Gasteiger partial charge is 0.508 e. The van der Waals surface area contributed by atoms with Crippen molar-refractivity contribution in [3.8, 4) is 5.75 Å². The number of aromatic hydroxyl groups is 1. The normalized spacial score (nSPS) is 14.6. The number of aliphatic carboxylic acids is 1. The van der Waals surface area contributed by atoms with Crippen LogP contribution in [0.1, 0.15) is 50.7 Å². The molecular weight excluding hydrogens is 564 g/mol. The first-order chi connectivity index (χ1) is 21.0. The predicted octanol–water partition coefficient (Wildman–Crippen LogP) is 1.70. The number of unbranched alkanes of at least 4 members (excludes halogenated alkanes) is 1. The molecule has 0 aliphatic carbocycles. The van der Waals surface area contributed by atoms with E-state index in [0.717, 1.165) is 22.0 Å². The van der Waals surface area contributed by atoms with Gasteiger partial charge in [-0.05, 0) is 67.5 Å². The first kappa shape index (κ1) is 34.1. The van der Waals surface area contributed by atoms with Crippen LogP contribution in [-0.2, 0) is 32.0 Å². The van der Waals surface area contributed by atoms with E-state index in [1.54, 1.807) is 25.3 Å². The number of nitrogens with one attached hydrogen (secondary N) is 4. The minimum atomic E-state index is -1.17. The molecule has 0 radical (unpaired) electrons. The number of carbonyl (C=O) groups excluding carboxylic acids is 3. The molecule has 1 aromatic heterocycles. The van der Waals surface area contributed by atoms with Crippen molar-refractivity contribution in [2.24, 2.45) is 17.4 Å². The zero-order valence-corrected chi connectivity index (χ0v) is 25.2. The molecule has 0 saturated carbocycles. The Morgan fingerprint density at radius 2 is 1.57 bits per heavy atom. The van der Waals surface area contributed by atoms with E-state index in [1.165, 1.54) is 12.1 Å². The van der Waals surface area contributed by atoms with E-state index in [1.807, 2.05) is 31.2 Å². The highest BCUT2D eigenvalue weighted by molar-refractivity contribution is 5.95. The van der Waals surface area contributed by atoms with E-state index in [9.17, 15) is 29.4 Å². The first-order valence-corrected chi connectivity index (χ1v) is 15.0. The maximum Gasteiger partial charge on any atom is 0.326 e. The molecule has 3 aromatic rings. The lowest BCUT2D eigenvalue weighted by Crippen LogP contribution is -2.59. The molecule has 3 rings (SSSR count). The van der Waals surface area contributed by atoms with Gasteiger partial charge in [0.2, 0.25) is 17.7 Å². The van der Waals surface area contributed by atoms with Crippen LogP contribution in [0.15, 0.2) is 54.7 Å². The lowest BCUT2D eigenvalue weighted by molar-refractivity contribution is -0.143. The van der Waals surface area contributed by atoms with Gasteiger partial charge in [-0.25, -0.2) is 4.79 Å². The van der Waals surface area contributed by atoms with Crippen LogP contribution in [0.4, 0.5) is 0 Å². The summed E-state index contributed by atoms with van der Waals surface area (Å²) >= 11 is 0. The van der Waals surface area contributed by atoms with E-state index < -0.39 is 47.9 Å². The molecule has 5 unspecified atom stereocenters. The van der Waals surface area contributed by atoms with Gasteiger partial charge < -0.3 is 42.6 Å². The number of hydrogen-bond donors (Lipinski definition) is 8. The van der Waals surface area contributed by atoms with Crippen LogP contribution in [-0.4, -0.2) is 69.6 Å². The average molecular weight is 609 g/mol. The summed E-state index contributed by atoms with van der Waals surface area (Å²) in [6.07, 6.45) is 3.93. The smallest absolute Gasteiger partial charge is 0.326 e. The minimum Gasteiger partial charge on any atom is -0.508 e. The van der Waals surface area contributed by atoms with E-state index in [-0.39, 0.29) is 30.9 Å². The lowest BCUT2D eigenvalue weighted by atomic mass is 9.96. The highest BCUT2D eigenvalue weighted by atomic mass is 16.4. The van der Waals surface area contributed by atoms with E-state index in [4.69, 9.17) is 11.5 Å². The molecule has 10 N–H and O–H groups in total. The summed E-state index contributed by atoms with van der Waals surface area (Å²) in [5.41, 5.74) is 14.1. The van der Waals surface area contributed by atoms with Crippen molar-refractivity contribution in [3.05, 3.63) is 65.9 Å². The molecule has 44 heavy (non-hydrogen) atoms. The Bertz CT molecular complexity index is 1410. The van der Waals surface area contributed by atoms with Crippen LogP contribution in [0.2, 0.25) is 0 Å². The van der Waals surface area contributed by atoms with Crippen LogP contribution >= 0.6 is 0 Å². The zero-order chi connectivity index (χ0) is 32.2. The van der Waals surface area contributed by atoms with Crippen molar-refractivity contribution >= 4 is 34.6 Å². The van der Waals surface area contributed by atoms with Crippen LogP contribution in [0.5, 0.6) is 5.75 Å². The SMILES string of the molecule is CCC(C)C(NC(=O)C(Cc1c[nH]c2ccccc12)NC(=O)C(N)Cc1ccc(O)cc1)C(=O)NC(CCCCN)C(=O)O. The zero-order valence-electron chi connectivity index (χ0n) is 25.2. The number of phenolic OH excluding ortho intramolecular Hbond substituents is 1. The van der Waals surface area contributed by atoms with Gasteiger partial charge in [0.25, 0.3) is 0 Å². The monoisotopic (exact) mass is 608 g/mol. The molecule has 0 aliphatic heterocycles. The molecule has 238 valence electrons. The number of carboxylic acids is 1. The van der Waals surface area contributed by atoms with Gasteiger partial charge in [0.1, 0.15) is 23.9 Å². The van der Waals surface area contributed by atoms with Gasteiger partial charge in [-0.1, -0.05) is 50.6 Å². The van der Waals surface area contributed by atoms with Gasteiger partial charge in [0.15, 0.2) is 0 Å². The lowest BCUT2D eigenvalue weighted by Gasteiger charge is -2.28. The number of aromatic nitrogens is 1. The van der Waals surface area contributed by atoms with Gasteiger partial charge >= 0.3 is 5.97 Å². The van der Waals surface area contributed by atoms with Crippen LogP contribution in [0.25, 0.3) is 10.9 Å². The van der Waals surface area contributed by atoms with Gasteiger partial charge in [-0.3, -0.25) is 14.4 Å². The Hall–Kier alpha value is -4.42. The maximum atomic E-state index is 13.8. The standard InChI is InChI=1S/C32H44N6O6/c1-3-19(2)28(31(42)36-26(32(43)44)10-6-7-15-33)38-30(41)27(17-21-18-35-25-9-5-4-8-23(21)25)37-29(40)24(34)16-20-11-13-22(39)14-12-20/h4-5,8-9,11-14,18-19,24,26-28,35,39H,3,6-7,10,15-17,33-34H2,1-2H3,(H,36,42)(H,37,40)(H,38,41)(H,43,44). The molecule has 2 aromatic carbocycles. The maximum absolute atomic E-state index is 13.8. The number of fused-ring (bicyclic) bond motifs is 1. The summed E-state index contributed by atoms with van der Waals surface area (Å²) in [4.78, 5) is 55.4. The number of para-hydroxylation sites is 1. The van der Waals surface area contributed by atoms with Crippen LogP contribution in [0, 0.1) is 5.92 Å². The van der Waals surface area contributed by atoms with Crippen molar-refractivity contribution in [1.82, 2.24) is 20.9 Å². The molecule has 1 heterocycles. The number of carbonyl (C=O) groups is 4. The summed E-state index contributed by atoms with van der Waals surface area (Å²) in [6, 6.07) is 9.63. The molecule has 12 heteroatoms. The Kier molecular flexibility index (Phi) is 12.7. The van der Waals surface area contributed by atoms with E-state index in [0.29, 0.717) is 25.8 Å². The van der Waals surface area contributed by atoms with Gasteiger partial charge in [0, 0.05) is 23.5 Å². The number of phenols is 1. The molecule has 0 aliphatic rings. The second-order valence-corrected chi connectivity index (χ2v) is 11.2. The Morgan fingerprint density at radius 3 is 2.23 bits per heavy atom. The highest BCUT2D eigenvalue weighted by Crippen LogP contribution is 2.20. The van der Waals surface area contributed by atoms with Crippen molar-refractivity contribution in [2.75, 3.05) is 6.54 Å². The third-order valence-electron chi connectivity index (χ3n) is 7.82. The topological polar surface area (TPSA) is 213 Å².